The van der Waals surface area contributed by atoms with Crippen LogP contribution in [0.5, 0.6) is 0 Å². The Balaban J connectivity index is 3.13. The van der Waals surface area contributed by atoms with Gasteiger partial charge in [-0.3, -0.25) is 0 Å². The third-order valence-electron chi connectivity index (χ3n) is 2.45. The highest BCUT2D eigenvalue weighted by Crippen LogP contribution is 2.35. The molecule has 1 aromatic rings. The van der Waals surface area contributed by atoms with Gasteiger partial charge in [0.1, 0.15) is 0 Å². The van der Waals surface area contributed by atoms with E-state index < -0.39 is 17.9 Å². The van der Waals surface area contributed by atoms with E-state index in [9.17, 15) is 13.9 Å². The van der Waals surface area contributed by atoms with Crippen molar-refractivity contribution in [3.8, 4) is 0 Å². The zero-order valence-corrected chi connectivity index (χ0v) is 8.24. The number of halogens is 2. The van der Waals surface area contributed by atoms with Crippen molar-refractivity contribution in [3.05, 3.63) is 35.9 Å². The number of hydrogen-bond donors (Lipinski definition) is 1. The first-order chi connectivity index (χ1) is 6.49. The van der Waals surface area contributed by atoms with Gasteiger partial charge < -0.3 is 5.11 Å². The molecular weight excluding hydrogens is 186 g/mol. The monoisotopic (exact) mass is 200 g/mol. The summed E-state index contributed by atoms with van der Waals surface area (Å²) in [6, 6.07) is 8.06. The summed E-state index contributed by atoms with van der Waals surface area (Å²) in [7, 11) is 0. The smallest absolute Gasteiger partial charge is 0.271 e. The second kappa shape index (κ2) is 4.05. The fraction of sp³-hybridized carbons (Fsp3) is 0.455. The van der Waals surface area contributed by atoms with Gasteiger partial charge in [-0.1, -0.05) is 44.2 Å². The minimum atomic E-state index is -2.77. The summed E-state index contributed by atoms with van der Waals surface area (Å²) in [6.45, 7) is 3.16. The molecule has 14 heavy (non-hydrogen) atoms. The van der Waals surface area contributed by atoms with E-state index in [4.69, 9.17) is 0 Å². The lowest BCUT2D eigenvalue weighted by molar-refractivity contribution is -0.131. The summed E-state index contributed by atoms with van der Waals surface area (Å²) >= 11 is 0. The van der Waals surface area contributed by atoms with Gasteiger partial charge in [-0.25, -0.2) is 8.78 Å². The molecule has 0 saturated heterocycles. The van der Waals surface area contributed by atoms with Crippen molar-refractivity contribution in [1.29, 1.82) is 0 Å². The molecule has 0 amide bonds. The van der Waals surface area contributed by atoms with Crippen LogP contribution >= 0.6 is 0 Å². The molecule has 1 N–H and O–H groups in total. The zero-order chi connectivity index (χ0) is 10.8. The minimum Gasteiger partial charge on any atom is -0.379 e. The van der Waals surface area contributed by atoms with Gasteiger partial charge >= 0.3 is 0 Å². The molecule has 0 aromatic heterocycles. The summed E-state index contributed by atoms with van der Waals surface area (Å²) in [6.07, 6.45) is -2.77. The molecule has 0 heterocycles. The first-order valence-electron chi connectivity index (χ1n) is 4.55. The third-order valence-corrected chi connectivity index (χ3v) is 2.45. The molecule has 0 spiro atoms. The molecular formula is C11H14F2O. The maximum absolute atomic E-state index is 12.8. The molecule has 3 heteroatoms. The van der Waals surface area contributed by atoms with Crippen molar-refractivity contribution < 1.29 is 13.9 Å². The van der Waals surface area contributed by atoms with Gasteiger partial charge in [-0.05, 0) is 11.5 Å². The van der Waals surface area contributed by atoms with Gasteiger partial charge in [0.2, 0.25) is 0 Å². The fourth-order valence-corrected chi connectivity index (χ4v) is 1.42. The molecule has 0 aliphatic carbocycles. The number of aliphatic hydroxyl groups is 1. The normalized spacial score (nSPS) is 15.9. The topological polar surface area (TPSA) is 20.2 Å². The molecule has 0 saturated carbocycles. The van der Waals surface area contributed by atoms with Crippen molar-refractivity contribution in [2.75, 3.05) is 0 Å². The Kier molecular flexibility index (Phi) is 3.21. The molecule has 0 fully saturated rings. The number of hydrogen-bond acceptors (Lipinski definition) is 1. The summed E-state index contributed by atoms with van der Waals surface area (Å²) < 4.78 is 25.5. The lowest BCUT2D eigenvalue weighted by atomic mass is 9.84. The summed E-state index contributed by atoms with van der Waals surface area (Å²) in [5.41, 5.74) is -1.77. The van der Waals surface area contributed by atoms with Crippen LogP contribution in [0.15, 0.2) is 30.3 Å². The largest absolute Gasteiger partial charge is 0.379 e. The van der Waals surface area contributed by atoms with E-state index in [0.717, 1.165) is 0 Å². The Bertz CT molecular complexity index is 275. The molecule has 1 rings (SSSR count). The Labute approximate surface area is 82.4 Å². The average Bonchev–Trinajstić information content (AvgIpc) is 2.17. The van der Waals surface area contributed by atoms with E-state index in [1.54, 1.807) is 32.0 Å². The van der Waals surface area contributed by atoms with E-state index in [1.807, 2.05) is 0 Å². The third kappa shape index (κ3) is 1.77. The number of rotatable bonds is 3. The van der Waals surface area contributed by atoms with Gasteiger partial charge in [-0.15, -0.1) is 0 Å². The van der Waals surface area contributed by atoms with Crippen LogP contribution in [0, 0.1) is 5.92 Å². The van der Waals surface area contributed by atoms with Crippen LogP contribution in [0.2, 0.25) is 0 Å². The van der Waals surface area contributed by atoms with Crippen LogP contribution in [0.3, 0.4) is 0 Å². The minimum absolute atomic E-state index is 0.269. The van der Waals surface area contributed by atoms with Crippen LogP contribution in [0.4, 0.5) is 8.78 Å². The van der Waals surface area contributed by atoms with Gasteiger partial charge in [0.15, 0.2) is 5.60 Å². The Morgan fingerprint density at radius 2 is 1.64 bits per heavy atom. The van der Waals surface area contributed by atoms with Crippen LogP contribution in [0.25, 0.3) is 0 Å². The van der Waals surface area contributed by atoms with Crippen LogP contribution in [-0.4, -0.2) is 11.5 Å². The maximum Gasteiger partial charge on any atom is 0.271 e. The highest BCUT2D eigenvalue weighted by atomic mass is 19.3. The van der Waals surface area contributed by atoms with Crippen molar-refractivity contribution in [3.63, 3.8) is 0 Å². The Hall–Kier alpha value is -0.960. The SMILES string of the molecule is CC(C)C(O)(c1ccccc1)C(F)F. The molecule has 0 radical (unpaired) electrons. The van der Waals surface area contributed by atoms with Crippen molar-refractivity contribution in [2.45, 2.75) is 25.9 Å². The van der Waals surface area contributed by atoms with Crippen LogP contribution in [-0.2, 0) is 5.60 Å². The second-order valence-corrected chi connectivity index (χ2v) is 3.65. The maximum atomic E-state index is 12.8. The molecule has 0 aliphatic rings. The first-order valence-corrected chi connectivity index (χ1v) is 4.55. The van der Waals surface area contributed by atoms with Crippen LogP contribution < -0.4 is 0 Å². The molecule has 1 nitrogen and oxygen atoms in total. The quantitative estimate of drug-likeness (QED) is 0.795. The highest BCUT2D eigenvalue weighted by Gasteiger charge is 2.42. The standard InChI is InChI=1S/C11H14F2O/c1-8(2)11(14,10(12)13)9-6-4-3-5-7-9/h3-8,10,14H,1-2H3. The van der Waals surface area contributed by atoms with Gasteiger partial charge in [0.05, 0.1) is 0 Å². The van der Waals surface area contributed by atoms with Gasteiger partial charge in [0.25, 0.3) is 6.43 Å². The highest BCUT2D eigenvalue weighted by molar-refractivity contribution is 5.23. The molecule has 1 aromatic carbocycles. The van der Waals surface area contributed by atoms with E-state index in [1.165, 1.54) is 12.1 Å². The predicted octanol–water partition coefficient (Wildman–Crippen LogP) is 2.80. The summed E-state index contributed by atoms with van der Waals surface area (Å²) in [5, 5.41) is 9.89. The van der Waals surface area contributed by atoms with E-state index in [2.05, 4.69) is 0 Å². The lowest BCUT2D eigenvalue weighted by Crippen LogP contribution is -2.39. The Morgan fingerprint density at radius 1 is 1.14 bits per heavy atom. The van der Waals surface area contributed by atoms with Crippen molar-refractivity contribution in [2.24, 2.45) is 5.92 Å². The average molecular weight is 200 g/mol. The molecule has 1 unspecified atom stereocenters. The Morgan fingerprint density at radius 3 is 2.00 bits per heavy atom. The van der Waals surface area contributed by atoms with E-state index >= 15 is 0 Å². The molecule has 78 valence electrons. The van der Waals surface area contributed by atoms with Crippen LogP contribution in [0.1, 0.15) is 19.4 Å². The van der Waals surface area contributed by atoms with Crippen molar-refractivity contribution in [1.82, 2.24) is 0 Å². The molecule has 0 bridgehead atoms. The van der Waals surface area contributed by atoms with Gasteiger partial charge in [-0.2, -0.15) is 0 Å². The first kappa shape index (κ1) is 11.1. The molecule has 0 aliphatic heterocycles. The zero-order valence-electron chi connectivity index (χ0n) is 8.24. The summed E-state index contributed by atoms with van der Waals surface area (Å²) in [5.74, 6) is -0.523. The summed E-state index contributed by atoms with van der Waals surface area (Å²) in [4.78, 5) is 0. The lowest BCUT2D eigenvalue weighted by Gasteiger charge is -2.31. The van der Waals surface area contributed by atoms with Gasteiger partial charge in [0, 0.05) is 0 Å². The second-order valence-electron chi connectivity index (χ2n) is 3.65. The molecule has 1 atom stereocenters. The van der Waals surface area contributed by atoms with Crippen molar-refractivity contribution >= 4 is 0 Å². The van der Waals surface area contributed by atoms with E-state index in [0.29, 0.717) is 0 Å². The van der Waals surface area contributed by atoms with E-state index in [-0.39, 0.29) is 5.56 Å². The fourth-order valence-electron chi connectivity index (χ4n) is 1.42. The predicted molar refractivity (Wildman–Crippen MR) is 51.2 cm³/mol. The number of benzene rings is 1. The number of alkyl halides is 2.